The van der Waals surface area contributed by atoms with Crippen molar-refractivity contribution in [3.8, 4) is 0 Å². The van der Waals surface area contributed by atoms with Crippen molar-refractivity contribution in [1.29, 1.82) is 0 Å². The third-order valence-electron chi connectivity index (χ3n) is 3.96. The summed E-state index contributed by atoms with van der Waals surface area (Å²) in [5, 5.41) is 3.96. The molecule has 2 rings (SSSR count). The zero-order chi connectivity index (χ0) is 13.0. The van der Waals surface area contributed by atoms with Crippen LogP contribution in [-0.4, -0.2) is 13.1 Å². The van der Waals surface area contributed by atoms with Crippen molar-refractivity contribution < 1.29 is 4.39 Å². The highest BCUT2D eigenvalue weighted by molar-refractivity contribution is 6.31. The summed E-state index contributed by atoms with van der Waals surface area (Å²) in [5.74, 6) is 0.408. The fourth-order valence-electron chi connectivity index (χ4n) is 2.91. The van der Waals surface area contributed by atoms with Crippen LogP contribution in [0.15, 0.2) is 18.2 Å². The van der Waals surface area contributed by atoms with Crippen molar-refractivity contribution >= 4 is 11.6 Å². The van der Waals surface area contributed by atoms with Gasteiger partial charge in [0.1, 0.15) is 5.82 Å². The highest BCUT2D eigenvalue weighted by atomic mass is 35.5. The monoisotopic (exact) mass is 269 g/mol. The smallest absolute Gasteiger partial charge is 0.124 e. The molecule has 0 bridgehead atoms. The van der Waals surface area contributed by atoms with Gasteiger partial charge >= 0.3 is 0 Å². The van der Waals surface area contributed by atoms with Gasteiger partial charge in [-0.15, -0.1) is 0 Å². The van der Waals surface area contributed by atoms with Gasteiger partial charge in [0, 0.05) is 11.1 Å². The lowest BCUT2D eigenvalue weighted by atomic mass is 9.91. The SMILES string of the molecule is CNC1CCCCC(Cc2ccc(F)cc2Cl)C1. The van der Waals surface area contributed by atoms with Crippen LogP contribution in [0.5, 0.6) is 0 Å². The molecule has 1 fully saturated rings. The summed E-state index contributed by atoms with van der Waals surface area (Å²) in [5.41, 5.74) is 1.08. The van der Waals surface area contributed by atoms with Crippen molar-refractivity contribution in [2.45, 2.75) is 44.6 Å². The second-order valence-electron chi connectivity index (χ2n) is 5.31. The fraction of sp³-hybridized carbons (Fsp3) is 0.600. The summed E-state index contributed by atoms with van der Waals surface area (Å²) in [4.78, 5) is 0. The van der Waals surface area contributed by atoms with E-state index in [1.807, 2.05) is 13.1 Å². The standard InChI is InChI=1S/C15H21ClFN/c1-18-14-5-3-2-4-11(9-14)8-12-6-7-13(17)10-15(12)16/h6-7,10-11,14,18H,2-5,8-9H2,1H3. The number of rotatable bonds is 3. The van der Waals surface area contributed by atoms with Crippen LogP contribution >= 0.6 is 11.6 Å². The molecule has 0 aliphatic heterocycles. The molecule has 1 aliphatic carbocycles. The first-order valence-electron chi connectivity index (χ1n) is 6.80. The molecule has 2 unspecified atom stereocenters. The Labute approximate surface area is 114 Å². The molecule has 1 aromatic rings. The normalized spacial score (nSPS) is 24.8. The van der Waals surface area contributed by atoms with E-state index in [-0.39, 0.29) is 5.82 Å². The molecule has 100 valence electrons. The third-order valence-corrected chi connectivity index (χ3v) is 4.32. The average molecular weight is 270 g/mol. The Balaban J connectivity index is 2.02. The van der Waals surface area contributed by atoms with Gasteiger partial charge in [-0.25, -0.2) is 4.39 Å². The van der Waals surface area contributed by atoms with E-state index >= 15 is 0 Å². The van der Waals surface area contributed by atoms with E-state index in [4.69, 9.17) is 11.6 Å². The summed E-state index contributed by atoms with van der Waals surface area (Å²) in [7, 11) is 2.04. The quantitative estimate of drug-likeness (QED) is 0.812. The Morgan fingerprint density at radius 2 is 2.11 bits per heavy atom. The molecule has 1 aliphatic rings. The molecule has 0 heterocycles. The van der Waals surface area contributed by atoms with E-state index in [2.05, 4.69) is 5.32 Å². The van der Waals surface area contributed by atoms with Crippen molar-refractivity contribution in [1.82, 2.24) is 5.32 Å². The molecule has 1 N–H and O–H groups in total. The zero-order valence-electron chi connectivity index (χ0n) is 10.9. The molecule has 1 saturated carbocycles. The Kier molecular flexibility index (Phi) is 5.02. The molecule has 0 saturated heterocycles. The fourth-order valence-corrected chi connectivity index (χ4v) is 3.15. The van der Waals surface area contributed by atoms with Crippen LogP contribution in [0.2, 0.25) is 5.02 Å². The number of halogens is 2. The second-order valence-corrected chi connectivity index (χ2v) is 5.72. The molecule has 0 amide bonds. The van der Waals surface area contributed by atoms with Gasteiger partial charge in [-0.3, -0.25) is 0 Å². The van der Waals surface area contributed by atoms with Gasteiger partial charge in [-0.2, -0.15) is 0 Å². The third kappa shape index (κ3) is 3.69. The minimum atomic E-state index is -0.252. The van der Waals surface area contributed by atoms with Gasteiger partial charge in [-0.1, -0.05) is 36.9 Å². The van der Waals surface area contributed by atoms with E-state index in [0.29, 0.717) is 17.0 Å². The topological polar surface area (TPSA) is 12.0 Å². The highest BCUT2D eigenvalue weighted by Crippen LogP contribution is 2.29. The Bertz CT molecular complexity index is 394. The molecular weight excluding hydrogens is 249 g/mol. The number of hydrogen-bond donors (Lipinski definition) is 1. The van der Waals surface area contributed by atoms with Crippen molar-refractivity contribution in [3.05, 3.63) is 34.6 Å². The van der Waals surface area contributed by atoms with Crippen LogP contribution < -0.4 is 5.32 Å². The Morgan fingerprint density at radius 1 is 1.33 bits per heavy atom. The maximum atomic E-state index is 13.0. The summed E-state index contributed by atoms with van der Waals surface area (Å²) >= 11 is 6.10. The van der Waals surface area contributed by atoms with Crippen LogP contribution in [0, 0.1) is 11.7 Å². The van der Waals surface area contributed by atoms with E-state index < -0.39 is 0 Å². The molecule has 1 aromatic carbocycles. The first-order valence-corrected chi connectivity index (χ1v) is 7.18. The average Bonchev–Trinajstić information content (AvgIpc) is 2.58. The van der Waals surface area contributed by atoms with Gasteiger partial charge in [-0.05, 0) is 49.9 Å². The Morgan fingerprint density at radius 3 is 2.83 bits per heavy atom. The first-order chi connectivity index (χ1) is 8.69. The predicted octanol–water partition coefficient (Wildman–Crippen LogP) is 4.19. The van der Waals surface area contributed by atoms with E-state index in [1.54, 1.807) is 0 Å². The van der Waals surface area contributed by atoms with Crippen molar-refractivity contribution in [2.75, 3.05) is 7.05 Å². The lowest BCUT2D eigenvalue weighted by molar-refractivity contribution is 0.400. The molecule has 3 heteroatoms. The molecular formula is C15H21ClFN. The molecule has 2 atom stereocenters. The zero-order valence-corrected chi connectivity index (χ0v) is 11.6. The van der Waals surface area contributed by atoms with Crippen LogP contribution in [-0.2, 0) is 6.42 Å². The highest BCUT2D eigenvalue weighted by Gasteiger charge is 2.20. The number of nitrogens with one attached hydrogen (secondary N) is 1. The Hall–Kier alpha value is -0.600. The van der Waals surface area contributed by atoms with Gasteiger partial charge in [0.25, 0.3) is 0 Å². The lowest BCUT2D eigenvalue weighted by Crippen LogP contribution is -2.26. The van der Waals surface area contributed by atoms with Gasteiger partial charge < -0.3 is 5.32 Å². The molecule has 0 radical (unpaired) electrons. The molecule has 0 aromatic heterocycles. The van der Waals surface area contributed by atoms with Crippen LogP contribution in [0.4, 0.5) is 4.39 Å². The minimum Gasteiger partial charge on any atom is -0.317 e. The molecule has 1 nitrogen and oxygen atoms in total. The van der Waals surface area contributed by atoms with Crippen LogP contribution in [0.25, 0.3) is 0 Å². The maximum absolute atomic E-state index is 13.0. The second kappa shape index (κ2) is 6.53. The van der Waals surface area contributed by atoms with Crippen LogP contribution in [0.3, 0.4) is 0 Å². The van der Waals surface area contributed by atoms with E-state index in [0.717, 1.165) is 12.0 Å². The van der Waals surface area contributed by atoms with E-state index in [1.165, 1.54) is 44.2 Å². The molecule has 0 spiro atoms. The summed E-state index contributed by atoms with van der Waals surface area (Å²) in [6.45, 7) is 0. The van der Waals surface area contributed by atoms with Crippen molar-refractivity contribution in [3.63, 3.8) is 0 Å². The summed E-state index contributed by atoms with van der Waals surface area (Å²) in [6.07, 6.45) is 7.29. The largest absolute Gasteiger partial charge is 0.317 e. The number of hydrogen-bond acceptors (Lipinski definition) is 1. The maximum Gasteiger partial charge on any atom is 0.124 e. The van der Waals surface area contributed by atoms with Crippen molar-refractivity contribution in [2.24, 2.45) is 5.92 Å². The lowest BCUT2D eigenvalue weighted by Gasteiger charge is -2.20. The first kappa shape index (κ1) is 13.8. The summed E-state index contributed by atoms with van der Waals surface area (Å²) < 4.78 is 13.0. The summed E-state index contributed by atoms with van der Waals surface area (Å²) in [6, 6.07) is 5.38. The minimum absolute atomic E-state index is 0.252. The van der Waals surface area contributed by atoms with Gasteiger partial charge in [0.2, 0.25) is 0 Å². The van der Waals surface area contributed by atoms with Gasteiger partial charge in [0.15, 0.2) is 0 Å². The molecule has 18 heavy (non-hydrogen) atoms. The predicted molar refractivity (Wildman–Crippen MR) is 74.5 cm³/mol. The number of benzene rings is 1. The van der Waals surface area contributed by atoms with E-state index in [9.17, 15) is 4.39 Å². The van der Waals surface area contributed by atoms with Gasteiger partial charge in [0.05, 0.1) is 0 Å². The van der Waals surface area contributed by atoms with Crippen LogP contribution in [0.1, 0.15) is 37.7 Å².